The van der Waals surface area contributed by atoms with Gasteiger partial charge >= 0.3 is 5.97 Å². The van der Waals surface area contributed by atoms with Crippen LogP contribution >= 0.6 is 0 Å². The van der Waals surface area contributed by atoms with Crippen molar-refractivity contribution in [3.8, 4) is 23.3 Å². The molecule has 0 aromatic heterocycles. The Balaban J connectivity index is 1.73. The Kier molecular flexibility index (Phi) is 10.4. The predicted octanol–water partition coefficient (Wildman–Crippen LogP) is 6.55. The second-order valence-electron chi connectivity index (χ2n) is 7.38. The fourth-order valence-corrected chi connectivity index (χ4v) is 2.97. The number of carbonyl (C=O) groups excluding carboxylic acids is 1. The third-order valence-electron chi connectivity index (χ3n) is 4.75. The fourth-order valence-electron chi connectivity index (χ4n) is 2.97. The van der Waals surface area contributed by atoms with E-state index in [4.69, 9.17) is 19.5 Å². The summed E-state index contributed by atoms with van der Waals surface area (Å²) in [5.74, 6) is -0.101. The van der Waals surface area contributed by atoms with E-state index in [1.54, 1.807) is 31.2 Å². The molecule has 0 N–H and O–H groups in total. The van der Waals surface area contributed by atoms with Crippen molar-refractivity contribution < 1.29 is 23.4 Å². The largest absolute Gasteiger partial charge is 0.479 e. The number of carbonyl (C=O) groups is 1. The van der Waals surface area contributed by atoms with Gasteiger partial charge in [0.1, 0.15) is 11.5 Å². The van der Waals surface area contributed by atoms with Crippen LogP contribution in [0.3, 0.4) is 0 Å². The van der Waals surface area contributed by atoms with Crippen LogP contribution in [0.25, 0.3) is 0 Å². The van der Waals surface area contributed by atoms with Crippen molar-refractivity contribution in [2.75, 3.05) is 6.61 Å². The summed E-state index contributed by atoms with van der Waals surface area (Å²) >= 11 is 0. The number of rotatable bonds is 13. The van der Waals surface area contributed by atoms with Crippen LogP contribution in [0.4, 0.5) is 4.39 Å². The zero-order chi connectivity index (χ0) is 22.5. The maximum Gasteiger partial charge on any atom is 0.347 e. The number of halogens is 1. The summed E-state index contributed by atoms with van der Waals surface area (Å²) < 4.78 is 30.3. The number of nitrogens with zero attached hydrogens (tertiary/aromatic N) is 1. The van der Waals surface area contributed by atoms with E-state index in [9.17, 15) is 9.18 Å². The molecule has 0 aliphatic carbocycles. The van der Waals surface area contributed by atoms with Crippen LogP contribution in [0.5, 0.6) is 17.2 Å². The van der Waals surface area contributed by atoms with Gasteiger partial charge in [-0.3, -0.25) is 0 Å². The number of nitriles is 1. The summed E-state index contributed by atoms with van der Waals surface area (Å²) in [6, 6.07) is 12.4. The molecule has 0 aliphatic heterocycles. The molecular weight excluding hydrogens is 397 g/mol. The van der Waals surface area contributed by atoms with Gasteiger partial charge in [0.15, 0.2) is 17.7 Å². The lowest BCUT2D eigenvalue weighted by Crippen LogP contribution is -2.26. The average molecular weight is 428 g/mol. The Labute approximate surface area is 183 Å². The first kappa shape index (κ1) is 24.2. The maximum atomic E-state index is 13.9. The van der Waals surface area contributed by atoms with Crippen molar-refractivity contribution >= 4 is 5.97 Å². The van der Waals surface area contributed by atoms with E-state index < -0.39 is 17.9 Å². The third kappa shape index (κ3) is 8.67. The standard InChI is InChI=1S/C25H30FNO4/c1-3-4-5-6-7-8-9-16-29-25(28)19(2)30-21-11-13-22(14-12-21)31-24-15-10-20(18-27)17-23(24)26/h10-15,17,19H,3-9,16H2,1-2H3. The molecule has 31 heavy (non-hydrogen) atoms. The molecule has 0 fully saturated rings. The van der Waals surface area contributed by atoms with Crippen LogP contribution in [-0.4, -0.2) is 18.7 Å². The second kappa shape index (κ2) is 13.3. The minimum Gasteiger partial charge on any atom is -0.479 e. The number of hydrogen-bond acceptors (Lipinski definition) is 5. The van der Waals surface area contributed by atoms with E-state index in [1.807, 2.05) is 6.07 Å². The molecular formula is C25H30FNO4. The van der Waals surface area contributed by atoms with Crippen LogP contribution in [0.2, 0.25) is 0 Å². The lowest BCUT2D eigenvalue weighted by atomic mass is 10.1. The minimum atomic E-state index is -0.729. The first-order chi connectivity index (χ1) is 15.0. The van der Waals surface area contributed by atoms with Crippen molar-refractivity contribution in [3.63, 3.8) is 0 Å². The molecule has 2 aromatic rings. The number of hydrogen-bond donors (Lipinski definition) is 0. The third-order valence-corrected chi connectivity index (χ3v) is 4.75. The van der Waals surface area contributed by atoms with Gasteiger partial charge in [-0.25, -0.2) is 9.18 Å². The van der Waals surface area contributed by atoms with Gasteiger partial charge in [-0.1, -0.05) is 45.4 Å². The van der Waals surface area contributed by atoms with Gasteiger partial charge < -0.3 is 14.2 Å². The van der Waals surface area contributed by atoms with Crippen molar-refractivity contribution in [3.05, 3.63) is 53.8 Å². The molecule has 6 heteroatoms. The quantitative estimate of drug-likeness (QED) is 0.268. The number of ether oxygens (including phenoxy) is 3. The topological polar surface area (TPSA) is 68.6 Å². The molecule has 0 bridgehead atoms. The highest BCUT2D eigenvalue weighted by Crippen LogP contribution is 2.27. The van der Waals surface area contributed by atoms with Gasteiger partial charge in [0.25, 0.3) is 0 Å². The van der Waals surface area contributed by atoms with Gasteiger partial charge in [0.05, 0.1) is 18.2 Å². The predicted molar refractivity (Wildman–Crippen MR) is 117 cm³/mol. The summed E-state index contributed by atoms with van der Waals surface area (Å²) in [6.07, 6.45) is 7.39. The average Bonchev–Trinajstić information content (AvgIpc) is 2.78. The van der Waals surface area contributed by atoms with Crippen molar-refractivity contribution in [1.82, 2.24) is 0 Å². The zero-order valence-electron chi connectivity index (χ0n) is 18.2. The van der Waals surface area contributed by atoms with Crippen molar-refractivity contribution in [2.24, 2.45) is 0 Å². The Bertz CT molecular complexity index is 861. The highest BCUT2D eigenvalue weighted by Gasteiger charge is 2.16. The van der Waals surface area contributed by atoms with Crippen LogP contribution in [0, 0.1) is 17.1 Å². The lowest BCUT2D eigenvalue weighted by molar-refractivity contribution is -0.151. The molecule has 166 valence electrons. The normalized spacial score (nSPS) is 11.4. The van der Waals surface area contributed by atoms with E-state index in [2.05, 4.69) is 6.92 Å². The molecule has 2 aromatic carbocycles. The number of unbranched alkanes of at least 4 members (excludes halogenated alkanes) is 6. The zero-order valence-corrected chi connectivity index (χ0v) is 18.2. The van der Waals surface area contributed by atoms with Crippen LogP contribution in [-0.2, 0) is 9.53 Å². The Morgan fingerprint density at radius 1 is 1.00 bits per heavy atom. The minimum absolute atomic E-state index is 0.0231. The summed E-state index contributed by atoms with van der Waals surface area (Å²) in [5, 5.41) is 8.79. The van der Waals surface area contributed by atoms with Crippen LogP contribution in [0.1, 0.15) is 64.4 Å². The Hall–Kier alpha value is -3.07. The van der Waals surface area contributed by atoms with Crippen molar-refractivity contribution in [2.45, 2.75) is 64.9 Å². The van der Waals surface area contributed by atoms with Gasteiger partial charge in [-0.15, -0.1) is 0 Å². The molecule has 0 aliphatic rings. The molecule has 0 spiro atoms. The highest BCUT2D eigenvalue weighted by molar-refractivity contribution is 5.74. The highest BCUT2D eigenvalue weighted by atomic mass is 19.1. The van der Waals surface area contributed by atoms with Gasteiger partial charge in [-0.2, -0.15) is 5.26 Å². The number of benzene rings is 2. The molecule has 5 nitrogen and oxygen atoms in total. The van der Waals surface area contributed by atoms with E-state index in [0.29, 0.717) is 18.1 Å². The Morgan fingerprint density at radius 3 is 2.29 bits per heavy atom. The van der Waals surface area contributed by atoms with Crippen LogP contribution < -0.4 is 9.47 Å². The fraction of sp³-hybridized carbons (Fsp3) is 0.440. The SMILES string of the molecule is CCCCCCCCCOC(=O)C(C)Oc1ccc(Oc2ccc(C#N)cc2F)cc1. The molecule has 0 saturated heterocycles. The van der Waals surface area contributed by atoms with Gasteiger partial charge in [0.2, 0.25) is 0 Å². The molecule has 1 unspecified atom stereocenters. The summed E-state index contributed by atoms with van der Waals surface area (Å²) in [6.45, 7) is 4.25. The van der Waals surface area contributed by atoms with E-state index in [1.165, 1.54) is 44.2 Å². The van der Waals surface area contributed by atoms with Gasteiger partial charge in [-0.05, 0) is 55.8 Å². The van der Waals surface area contributed by atoms with Crippen molar-refractivity contribution in [1.29, 1.82) is 5.26 Å². The lowest BCUT2D eigenvalue weighted by Gasteiger charge is -2.14. The smallest absolute Gasteiger partial charge is 0.347 e. The molecule has 0 radical (unpaired) electrons. The van der Waals surface area contributed by atoms with Crippen LogP contribution in [0.15, 0.2) is 42.5 Å². The maximum absolute atomic E-state index is 13.9. The summed E-state index contributed by atoms with van der Waals surface area (Å²) in [4.78, 5) is 12.1. The summed E-state index contributed by atoms with van der Waals surface area (Å²) in [7, 11) is 0. The monoisotopic (exact) mass is 427 g/mol. The van der Waals surface area contributed by atoms with E-state index in [-0.39, 0.29) is 11.3 Å². The van der Waals surface area contributed by atoms with E-state index in [0.717, 1.165) is 18.9 Å². The molecule has 1 atom stereocenters. The molecule has 0 saturated carbocycles. The first-order valence-corrected chi connectivity index (χ1v) is 10.8. The Morgan fingerprint density at radius 2 is 1.65 bits per heavy atom. The second-order valence-corrected chi connectivity index (χ2v) is 7.38. The molecule has 0 heterocycles. The van der Waals surface area contributed by atoms with E-state index >= 15 is 0 Å². The number of esters is 1. The first-order valence-electron chi connectivity index (χ1n) is 10.8. The molecule has 0 amide bonds. The van der Waals surface area contributed by atoms with Gasteiger partial charge in [0, 0.05) is 0 Å². The summed E-state index contributed by atoms with van der Waals surface area (Å²) in [5.41, 5.74) is 0.224. The molecule has 2 rings (SSSR count).